The molecule has 2 saturated heterocycles. The third kappa shape index (κ3) is 5.19. The zero-order valence-corrected chi connectivity index (χ0v) is 20.0. The highest BCUT2D eigenvalue weighted by Gasteiger charge is 2.26. The zero-order chi connectivity index (χ0) is 24.2. The summed E-state index contributed by atoms with van der Waals surface area (Å²) in [6, 6.07) is 11.8. The molecule has 1 aromatic carbocycles. The highest BCUT2D eigenvalue weighted by atomic mass is 16.5. The van der Waals surface area contributed by atoms with Gasteiger partial charge in [0.1, 0.15) is 12.4 Å². The van der Waals surface area contributed by atoms with Gasteiger partial charge in [-0.05, 0) is 23.8 Å². The van der Waals surface area contributed by atoms with Crippen LogP contribution >= 0.6 is 0 Å². The van der Waals surface area contributed by atoms with Crippen molar-refractivity contribution < 1.29 is 9.84 Å². The Kier molecular flexibility index (Phi) is 7.03. The van der Waals surface area contributed by atoms with Crippen molar-refractivity contribution in [2.45, 2.75) is 6.10 Å². The Morgan fingerprint density at radius 3 is 2.54 bits per heavy atom. The summed E-state index contributed by atoms with van der Waals surface area (Å²) in [4.78, 5) is 32.4. The average Bonchev–Trinajstić information content (AvgIpc) is 2.91. The fourth-order valence-electron chi connectivity index (χ4n) is 4.69. The Hall–Kier alpha value is -3.34. The normalized spacial score (nSPS) is 19.2. The highest BCUT2D eigenvalue weighted by molar-refractivity contribution is 5.55. The lowest BCUT2D eigenvalue weighted by Gasteiger charge is -2.36. The lowest BCUT2D eigenvalue weighted by atomic mass is 10.1. The molecular weight excluding hydrogens is 446 g/mol. The molecule has 184 valence electrons. The monoisotopic (exact) mass is 477 g/mol. The van der Waals surface area contributed by atoms with Gasteiger partial charge in [-0.1, -0.05) is 12.1 Å². The van der Waals surface area contributed by atoms with Crippen LogP contribution in [0.25, 0.3) is 11.4 Å². The van der Waals surface area contributed by atoms with Gasteiger partial charge in [-0.3, -0.25) is 14.3 Å². The minimum absolute atomic E-state index is 0.112. The third-order valence-electron chi connectivity index (χ3n) is 6.72. The smallest absolute Gasteiger partial charge is 0.255 e. The van der Waals surface area contributed by atoms with Crippen LogP contribution < -0.4 is 15.4 Å². The molecule has 35 heavy (non-hydrogen) atoms. The van der Waals surface area contributed by atoms with Crippen LogP contribution in [0.5, 0.6) is 0 Å². The van der Waals surface area contributed by atoms with E-state index < -0.39 is 0 Å². The molecule has 1 atom stereocenters. The molecule has 10 nitrogen and oxygen atoms in total. The Morgan fingerprint density at radius 2 is 1.83 bits per heavy atom. The predicted molar refractivity (Wildman–Crippen MR) is 134 cm³/mol. The standard InChI is InChI=1S/C25H31N7O3/c1-29-24(34)16-22(21-6-7-26-18-27-21)28-25(29)32-13-15-35-23(17-32)19-2-4-20(5-3-19)31-10-8-30(9-11-31)12-14-33/h2-7,16,18,23,33H,8-15,17H2,1H3. The Morgan fingerprint density at radius 1 is 1.03 bits per heavy atom. The van der Waals surface area contributed by atoms with E-state index in [-0.39, 0.29) is 18.3 Å². The van der Waals surface area contributed by atoms with Gasteiger partial charge in [0.2, 0.25) is 5.95 Å². The number of morpholine rings is 1. The molecule has 0 radical (unpaired) electrons. The van der Waals surface area contributed by atoms with Crippen LogP contribution in [-0.2, 0) is 11.8 Å². The summed E-state index contributed by atoms with van der Waals surface area (Å²) in [6.07, 6.45) is 2.99. The van der Waals surface area contributed by atoms with E-state index in [9.17, 15) is 4.79 Å². The summed E-state index contributed by atoms with van der Waals surface area (Å²) < 4.78 is 7.68. The van der Waals surface area contributed by atoms with Gasteiger partial charge in [-0.25, -0.2) is 15.0 Å². The summed E-state index contributed by atoms with van der Waals surface area (Å²) in [5.41, 5.74) is 3.34. The molecule has 4 heterocycles. The largest absolute Gasteiger partial charge is 0.395 e. The van der Waals surface area contributed by atoms with E-state index >= 15 is 0 Å². The van der Waals surface area contributed by atoms with Crippen LogP contribution in [0.15, 0.2) is 53.7 Å². The number of aromatic nitrogens is 4. The molecule has 0 amide bonds. The molecule has 0 bridgehead atoms. The van der Waals surface area contributed by atoms with Crippen LogP contribution in [0, 0.1) is 0 Å². The predicted octanol–water partition coefficient (Wildman–Crippen LogP) is 0.930. The molecule has 0 saturated carbocycles. The number of hydrogen-bond acceptors (Lipinski definition) is 9. The molecule has 5 rings (SSSR count). The minimum atomic E-state index is -0.130. The second-order valence-corrected chi connectivity index (χ2v) is 8.88. The van der Waals surface area contributed by atoms with E-state index in [0.29, 0.717) is 37.0 Å². The summed E-state index contributed by atoms with van der Waals surface area (Å²) in [5.74, 6) is 0.608. The number of benzene rings is 1. The number of ether oxygens (including phenoxy) is 1. The maximum Gasteiger partial charge on any atom is 0.255 e. The molecule has 0 aliphatic carbocycles. The van der Waals surface area contributed by atoms with Crippen molar-refractivity contribution in [2.75, 3.05) is 68.8 Å². The first-order chi connectivity index (χ1) is 17.1. The number of hydrogen-bond donors (Lipinski definition) is 1. The zero-order valence-electron chi connectivity index (χ0n) is 20.0. The molecular formula is C25H31N7O3. The molecule has 2 aromatic heterocycles. The first-order valence-corrected chi connectivity index (χ1v) is 12.0. The average molecular weight is 478 g/mol. The summed E-state index contributed by atoms with van der Waals surface area (Å²) in [6.45, 7) is 6.59. The molecule has 3 aromatic rings. The maximum atomic E-state index is 12.7. The molecule has 2 aliphatic rings. The summed E-state index contributed by atoms with van der Waals surface area (Å²) >= 11 is 0. The lowest BCUT2D eigenvalue weighted by Crippen LogP contribution is -2.47. The van der Waals surface area contributed by atoms with Gasteiger partial charge in [0, 0.05) is 64.3 Å². The Bertz CT molecular complexity index is 1180. The number of aliphatic hydroxyl groups is 1. The molecule has 1 unspecified atom stereocenters. The van der Waals surface area contributed by atoms with E-state index in [1.54, 1.807) is 23.9 Å². The molecule has 2 aliphatic heterocycles. The first kappa shape index (κ1) is 23.4. The fourth-order valence-corrected chi connectivity index (χ4v) is 4.69. The van der Waals surface area contributed by atoms with Crippen molar-refractivity contribution in [3.05, 3.63) is 64.8 Å². The van der Waals surface area contributed by atoms with Crippen LogP contribution in [0.4, 0.5) is 11.6 Å². The quantitative estimate of drug-likeness (QED) is 0.556. The summed E-state index contributed by atoms with van der Waals surface area (Å²) in [5, 5.41) is 9.15. The van der Waals surface area contributed by atoms with Crippen molar-refractivity contribution in [2.24, 2.45) is 7.05 Å². The topological polar surface area (TPSA) is 99.8 Å². The number of nitrogens with zero attached hydrogens (tertiary/aromatic N) is 7. The van der Waals surface area contributed by atoms with Gasteiger partial charge in [-0.15, -0.1) is 0 Å². The third-order valence-corrected chi connectivity index (χ3v) is 6.72. The number of anilines is 2. The second kappa shape index (κ2) is 10.5. The highest BCUT2D eigenvalue weighted by Crippen LogP contribution is 2.27. The van der Waals surface area contributed by atoms with Crippen LogP contribution in [0.2, 0.25) is 0 Å². The van der Waals surface area contributed by atoms with Crippen molar-refractivity contribution in [3.8, 4) is 11.4 Å². The van der Waals surface area contributed by atoms with Gasteiger partial charge in [-0.2, -0.15) is 0 Å². The van der Waals surface area contributed by atoms with Crippen LogP contribution in [-0.4, -0.2) is 88.6 Å². The number of piperazine rings is 1. The van der Waals surface area contributed by atoms with E-state index in [1.807, 2.05) is 0 Å². The Balaban J connectivity index is 1.30. The van der Waals surface area contributed by atoms with E-state index in [4.69, 9.17) is 14.8 Å². The van der Waals surface area contributed by atoms with Gasteiger partial charge in [0.05, 0.1) is 31.1 Å². The van der Waals surface area contributed by atoms with Gasteiger partial charge in [0.25, 0.3) is 5.56 Å². The summed E-state index contributed by atoms with van der Waals surface area (Å²) in [7, 11) is 1.74. The first-order valence-electron chi connectivity index (χ1n) is 12.0. The van der Waals surface area contributed by atoms with E-state index in [2.05, 4.69) is 48.9 Å². The van der Waals surface area contributed by atoms with Gasteiger partial charge >= 0.3 is 0 Å². The molecule has 0 spiro atoms. The lowest BCUT2D eigenvalue weighted by molar-refractivity contribution is 0.0390. The molecule has 1 N–H and O–H groups in total. The minimum Gasteiger partial charge on any atom is -0.395 e. The van der Waals surface area contributed by atoms with Crippen molar-refractivity contribution in [1.29, 1.82) is 0 Å². The number of β-amino-alcohol motifs (C(OH)–C–C–N with tert-alkyl or cyclic N) is 1. The number of rotatable bonds is 6. The second-order valence-electron chi connectivity index (χ2n) is 8.88. The van der Waals surface area contributed by atoms with Gasteiger partial charge < -0.3 is 19.6 Å². The van der Waals surface area contributed by atoms with Gasteiger partial charge in [0.15, 0.2) is 0 Å². The fraction of sp³-hybridized carbons (Fsp3) is 0.440. The maximum absolute atomic E-state index is 12.7. The number of aliphatic hydroxyl groups excluding tert-OH is 1. The van der Waals surface area contributed by atoms with E-state index in [1.165, 1.54) is 18.1 Å². The van der Waals surface area contributed by atoms with Crippen LogP contribution in [0.1, 0.15) is 11.7 Å². The Labute approximate surface area is 204 Å². The molecule has 2 fully saturated rings. The van der Waals surface area contributed by atoms with Crippen molar-refractivity contribution in [3.63, 3.8) is 0 Å². The van der Waals surface area contributed by atoms with Crippen molar-refractivity contribution >= 4 is 11.6 Å². The van der Waals surface area contributed by atoms with Crippen LogP contribution in [0.3, 0.4) is 0 Å². The SMILES string of the molecule is Cn1c(N2CCOC(c3ccc(N4CCN(CCO)CC4)cc3)C2)nc(-c2ccncn2)cc1=O. The van der Waals surface area contributed by atoms with E-state index in [0.717, 1.165) is 38.3 Å². The molecule has 10 heteroatoms. The van der Waals surface area contributed by atoms with Crippen molar-refractivity contribution in [1.82, 2.24) is 24.4 Å².